The van der Waals surface area contributed by atoms with Gasteiger partial charge in [0, 0.05) is 12.1 Å². The zero-order chi connectivity index (χ0) is 8.84. The van der Waals surface area contributed by atoms with Gasteiger partial charge in [-0.1, -0.05) is 12.2 Å². The van der Waals surface area contributed by atoms with Gasteiger partial charge in [0.15, 0.2) is 9.84 Å². The molecule has 0 radical (unpaired) electrons. The maximum absolute atomic E-state index is 11.4. The molecule has 0 aromatic heterocycles. The molecule has 5 atom stereocenters. The van der Waals surface area contributed by atoms with E-state index in [2.05, 4.69) is 17.1 Å². The molecule has 3 heterocycles. The van der Waals surface area contributed by atoms with Crippen LogP contribution in [0.4, 0.5) is 0 Å². The van der Waals surface area contributed by atoms with Crippen LogP contribution in [0, 0.1) is 5.92 Å². The Morgan fingerprint density at radius 2 is 2.23 bits per heavy atom. The molecule has 4 aliphatic rings. The van der Waals surface area contributed by atoms with Crippen LogP contribution in [0.15, 0.2) is 12.2 Å². The van der Waals surface area contributed by atoms with Crippen LogP contribution in [0.2, 0.25) is 0 Å². The van der Waals surface area contributed by atoms with Gasteiger partial charge >= 0.3 is 0 Å². The molecule has 1 spiro atoms. The predicted molar refractivity (Wildman–Crippen MR) is 48.0 cm³/mol. The van der Waals surface area contributed by atoms with Crippen LogP contribution >= 0.6 is 0 Å². The van der Waals surface area contributed by atoms with Gasteiger partial charge in [0.05, 0.1) is 17.0 Å². The number of rotatable bonds is 0. The van der Waals surface area contributed by atoms with Gasteiger partial charge in [0.25, 0.3) is 0 Å². The second kappa shape index (κ2) is 1.61. The van der Waals surface area contributed by atoms with Crippen molar-refractivity contribution < 1.29 is 8.42 Å². The fourth-order valence-corrected chi connectivity index (χ4v) is 6.13. The minimum atomic E-state index is -2.71. The zero-order valence-corrected chi connectivity index (χ0v) is 8.00. The number of nitrogens with zero attached hydrogens (tertiary/aromatic N) is 1. The Morgan fingerprint density at radius 1 is 1.38 bits per heavy atom. The highest BCUT2D eigenvalue weighted by atomic mass is 32.2. The molecule has 0 aromatic rings. The van der Waals surface area contributed by atoms with E-state index in [1.807, 2.05) is 0 Å². The Hall–Kier alpha value is -0.350. The molecule has 0 saturated carbocycles. The van der Waals surface area contributed by atoms with Crippen LogP contribution in [0.1, 0.15) is 6.42 Å². The Kier molecular flexibility index (Phi) is 0.868. The van der Waals surface area contributed by atoms with Gasteiger partial charge in [-0.2, -0.15) is 0 Å². The van der Waals surface area contributed by atoms with Gasteiger partial charge in [0.2, 0.25) is 0 Å². The lowest BCUT2D eigenvalue weighted by Crippen LogP contribution is -2.30. The van der Waals surface area contributed by atoms with E-state index in [0.717, 1.165) is 0 Å². The largest absolute Gasteiger partial charge is 0.282 e. The smallest absolute Gasteiger partial charge is 0.153 e. The van der Waals surface area contributed by atoms with Crippen LogP contribution in [-0.4, -0.2) is 42.4 Å². The molecule has 70 valence electrons. The minimum absolute atomic E-state index is 0.0816. The summed E-state index contributed by atoms with van der Waals surface area (Å²) in [6.45, 7) is 0. The third kappa shape index (κ3) is 0.569. The second-order valence-electron chi connectivity index (χ2n) is 4.76. The van der Waals surface area contributed by atoms with E-state index < -0.39 is 9.84 Å². The molecule has 3 saturated heterocycles. The number of hydrogen-bond donors (Lipinski definition) is 0. The summed E-state index contributed by atoms with van der Waals surface area (Å²) >= 11 is 0. The van der Waals surface area contributed by atoms with Crippen LogP contribution < -0.4 is 0 Å². The number of hydrogen-bond acceptors (Lipinski definition) is 3. The molecule has 3 aliphatic heterocycles. The molecule has 0 amide bonds. The van der Waals surface area contributed by atoms with Gasteiger partial charge in [0.1, 0.15) is 0 Å². The third-order valence-corrected chi connectivity index (χ3v) is 5.97. The molecule has 1 aliphatic carbocycles. The Morgan fingerprint density at radius 3 is 3.08 bits per heavy atom. The summed E-state index contributed by atoms with van der Waals surface area (Å²) in [6.07, 6.45) is 5.66. The maximum Gasteiger partial charge on any atom is 0.153 e. The van der Waals surface area contributed by atoms with Gasteiger partial charge in [-0.25, -0.2) is 8.42 Å². The minimum Gasteiger partial charge on any atom is -0.282 e. The first kappa shape index (κ1) is 7.01. The summed E-state index contributed by atoms with van der Waals surface area (Å²) in [5.74, 6) is 1.39. The van der Waals surface area contributed by atoms with Gasteiger partial charge in [-0.15, -0.1) is 0 Å². The van der Waals surface area contributed by atoms with Gasteiger partial charge in [-0.05, 0) is 12.3 Å². The summed E-state index contributed by atoms with van der Waals surface area (Å²) in [5, 5.41) is 0. The van der Waals surface area contributed by atoms with Crippen LogP contribution in [-0.2, 0) is 9.84 Å². The van der Waals surface area contributed by atoms with Crippen molar-refractivity contribution in [3.05, 3.63) is 12.2 Å². The second-order valence-corrected chi connectivity index (χ2v) is 6.87. The molecule has 3 nitrogen and oxygen atoms in total. The van der Waals surface area contributed by atoms with Crippen molar-refractivity contribution >= 4 is 9.84 Å². The van der Waals surface area contributed by atoms with Crippen LogP contribution in [0.3, 0.4) is 0 Å². The summed E-state index contributed by atoms with van der Waals surface area (Å²) in [7, 11) is -2.71. The summed E-state index contributed by atoms with van der Waals surface area (Å²) in [6, 6.07) is 0.946. The van der Waals surface area contributed by atoms with Crippen molar-refractivity contribution in [2.24, 2.45) is 5.92 Å². The van der Waals surface area contributed by atoms with Crippen molar-refractivity contribution in [1.82, 2.24) is 4.90 Å². The van der Waals surface area contributed by atoms with E-state index >= 15 is 0 Å². The van der Waals surface area contributed by atoms with E-state index in [-0.39, 0.29) is 5.54 Å². The Bertz CT molecular complexity index is 427. The van der Waals surface area contributed by atoms with Crippen molar-refractivity contribution in [2.75, 3.05) is 11.5 Å². The molecule has 4 rings (SSSR count). The van der Waals surface area contributed by atoms with E-state index in [1.54, 1.807) is 0 Å². The lowest BCUT2D eigenvalue weighted by atomic mass is 9.91. The van der Waals surface area contributed by atoms with E-state index in [0.29, 0.717) is 29.5 Å². The fraction of sp³-hybridized carbons (Fsp3) is 0.778. The molecule has 5 unspecified atom stereocenters. The molecular formula is C9H11NO2S. The molecule has 13 heavy (non-hydrogen) atoms. The first-order chi connectivity index (χ1) is 6.13. The normalized spacial score (nSPS) is 63.7. The third-order valence-electron chi connectivity index (χ3n) is 4.25. The number of piperidine rings is 1. The standard InChI is InChI=1S/C9H11NO2S/c11-13(12)4-8-9(5-13)6-1-2-7(3-6)10(8)9/h1-2,6-8H,3-5H2. The van der Waals surface area contributed by atoms with Crippen LogP contribution in [0.5, 0.6) is 0 Å². The molecule has 0 N–H and O–H groups in total. The Balaban J connectivity index is 1.86. The first-order valence-electron chi connectivity index (χ1n) is 4.81. The first-order valence-corrected chi connectivity index (χ1v) is 6.63. The average molecular weight is 197 g/mol. The summed E-state index contributed by atoms with van der Waals surface area (Å²) in [5.41, 5.74) is 0.0816. The van der Waals surface area contributed by atoms with Crippen molar-refractivity contribution in [3.8, 4) is 0 Å². The quantitative estimate of drug-likeness (QED) is 0.398. The average Bonchev–Trinajstić information content (AvgIpc) is 2.49. The monoisotopic (exact) mass is 197 g/mol. The number of sulfone groups is 1. The van der Waals surface area contributed by atoms with Crippen molar-refractivity contribution in [3.63, 3.8) is 0 Å². The Labute approximate surface area is 77.3 Å². The molecular weight excluding hydrogens is 186 g/mol. The SMILES string of the molecule is O=S1(=O)CC2N3C4C=CC(C4)C23C1. The zero-order valence-electron chi connectivity index (χ0n) is 7.18. The van der Waals surface area contributed by atoms with Crippen molar-refractivity contribution in [2.45, 2.75) is 24.0 Å². The van der Waals surface area contributed by atoms with Crippen LogP contribution in [0.25, 0.3) is 0 Å². The van der Waals surface area contributed by atoms with Gasteiger partial charge < -0.3 is 0 Å². The topological polar surface area (TPSA) is 37.1 Å². The highest BCUT2D eigenvalue weighted by Gasteiger charge is 2.78. The lowest BCUT2D eigenvalue weighted by Gasteiger charge is -2.16. The molecule has 4 heteroatoms. The van der Waals surface area contributed by atoms with E-state index in [9.17, 15) is 8.42 Å². The summed E-state index contributed by atoms with van der Waals surface area (Å²) < 4.78 is 22.9. The van der Waals surface area contributed by atoms with E-state index in [4.69, 9.17) is 0 Å². The predicted octanol–water partition coefficient (Wildman–Crippen LogP) is -0.204. The maximum atomic E-state index is 11.4. The van der Waals surface area contributed by atoms with Gasteiger partial charge in [-0.3, -0.25) is 4.90 Å². The van der Waals surface area contributed by atoms with Crippen molar-refractivity contribution in [1.29, 1.82) is 0 Å². The molecule has 2 bridgehead atoms. The lowest BCUT2D eigenvalue weighted by molar-refractivity contribution is 0.422. The number of fused-ring (bicyclic) bond motifs is 4. The fourth-order valence-electron chi connectivity index (χ4n) is 3.82. The molecule has 0 aromatic carbocycles. The highest BCUT2D eigenvalue weighted by Crippen LogP contribution is 2.63. The highest BCUT2D eigenvalue weighted by molar-refractivity contribution is 7.91. The summed E-state index contributed by atoms with van der Waals surface area (Å²) in [4.78, 5) is 2.43. The molecule has 3 fully saturated rings. The van der Waals surface area contributed by atoms with E-state index in [1.165, 1.54) is 6.42 Å².